The zero-order valence-corrected chi connectivity index (χ0v) is 20.0. The van der Waals surface area contributed by atoms with Gasteiger partial charge < -0.3 is 4.42 Å². The van der Waals surface area contributed by atoms with Gasteiger partial charge in [0.25, 0.3) is 11.5 Å². The van der Waals surface area contributed by atoms with Gasteiger partial charge in [-0.25, -0.2) is 10.1 Å². The molecule has 10 heteroatoms. The number of amides is 1. The molecular weight excluding hydrogens is 503 g/mol. The number of benzene rings is 3. The van der Waals surface area contributed by atoms with Gasteiger partial charge in [0.2, 0.25) is 5.43 Å². The summed E-state index contributed by atoms with van der Waals surface area (Å²) >= 11 is 12.0. The molecular formula is C26H16Cl2N4O4. The SMILES string of the molecule is O=C(Cn1nc(-c2ccccc2)c2ccccc2c1=O)N/N=C/c1coc2c(Cl)cc(Cl)cc2c1=O. The molecule has 1 amide bonds. The highest BCUT2D eigenvalue weighted by Gasteiger charge is 2.14. The minimum absolute atomic E-state index is 0.0773. The summed E-state index contributed by atoms with van der Waals surface area (Å²) in [5, 5.41) is 10.1. The first-order valence-corrected chi connectivity index (χ1v) is 11.5. The average molecular weight is 519 g/mol. The third kappa shape index (κ3) is 4.51. The van der Waals surface area contributed by atoms with E-state index in [9.17, 15) is 14.4 Å². The molecule has 0 saturated carbocycles. The fraction of sp³-hybridized carbons (Fsp3) is 0.0385. The third-order valence-corrected chi connectivity index (χ3v) is 5.92. The molecule has 8 nitrogen and oxygen atoms in total. The van der Waals surface area contributed by atoms with Crippen LogP contribution in [-0.4, -0.2) is 21.9 Å². The van der Waals surface area contributed by atoms with E-state index < -0.39 is 16.9 Å². The largest absolute Gasteiger partial charge is 0.462 e. The Morgan fingerprint density at radius 1 is 1.00 bits per heavy atom. The van der Waals surface area contributed by atoms with E-state index in [1.165, 1.54) is 18.4 Å². The Morgan fingerprint density at radius 3 is 2.50 bits per heavy atom. The highest BCUT2D eigenvalue weighted by atomic mass is 35.5. The predicted molar refractivity (Wildman–Crippen MR) is 140 cm³/mol. The molecule has 1 N–H and O–H groups in total. The molecule has 3 aromatic carbocycles. The molecule has 0 atom stereocenters. The van der Waals surface area contributed by atoms with Gasteiger partial charge in [-0.2, -0.15) is 10.2 Å². The highest BCUT2D eigenvalue weighted by molar-refractivity contribution is 6.38. The van der Waals surface area contributed by atoms with E-state index >= 15 is 0 Å². The average Bonchev–Trinajstić information content (AvgIpc) is 2.88. The first-order chi connectivity index (χ1) is 17.4. The Balaban J connectivity index is 1.41. The molecule has 5 rings (SSSR count). The summed E-state index contributed by atoms with van der Waals surface area (Å²) in [6, 6.07) is 19.4. The predicted octanol–water partition coefficient (Wildman–Crippen LogP) is 4.63. The molecule has 5 aromatic rings. The lowest BCUT2D eigenvalue weighted by Gasteiger charge is -2.10. The fourth-order valence-corrected chi connectivity index (χ4v) is 4.30. The Hall–Kier alpha value is -4.27. The van der Waals surface area contributed by atoms with Crippen LogP contribution in [0.25, 0.3) is 33.0 Å². The second-order valence-corrected chi connectivity index (χ2v) is 8.64. The number of hydrogen-bond donors (Lipinski definition) is 1. The van der Waals surface area contributed by atoms with Crippen LogP contribution in [0.4, 0.5) is 0 Å². The van der Waals surface area contributed by atoms with Crippen LogP contribution >= 0.6 is 23.2 Å². The van der Waals surface area contributed by atoms with Crippen molar-refractivity contribution < 1.29 is 9.21 Å². The monoisotopic (exact) mass is 518 g/mol. The molecule has 0 aliphatic rings. The summed E-state index contributed by atoms with van der Waals surface area (Å²) < 4.78 is 6.51. The molecule has 0 bridgehead atoms. The summed E-state index contributed by atoms with van der Waals surface area (Å²) in [4.78, 5) is 38.2. The summed E-state index contributed by atoms with van der Waals surface area (Å²) in [5.74, 6) is -0.605. The van der Waals surface area contributed by atoms with Gasteiger partial charge >= 0.3 is 0 Å². The molecule has 0 aliphatic heterocycles. The van der Waals surface area contributed by atoms with Gasteiger partial charge in [-0.1, -0.05) is 71.7 Å². The van der Waals surface area contributed by atoms with Crippen molar-refractivity contribution in [3.63, 3.8) is 0 Å². The number of hydrogen-bond acceptors (Lipinski definition) is 6. The number of fused-ring (bicyclic) bond motifs is 2. The number of nitrogens with one attached hydrogen (secondary N) is 1. The van der Waals surface area contributed by atoms with Crippen LogP contribution in [0.3, 0.4) is 0 Å². The number of carbonyl (C=O) groups excluding carboxylic acids is 1. The maximum Gasteiger partial charge on any atom is 0.275 e. The van der Waals surface area contributed by atoms with E-state index in [-0.39, 0.29) is 33.1 Å². The zero-order chi connectivity index (χ0) is 25.2. The third-order valence-electron chi connectivity index (χ3n) is 5.42. The van der Waals surface area contributed by atoms with Gasteiger partial charge in [0.05, 0.1) is 33.3 Å². The van der Waals surface area contributed by atoms with Gasteiger partial charge in [0, 0.05) is 16.0 Å². The molecule has 2 heterocycles. The summed E-state index contributed by atoms with van der Waals surface area (Å²) in [5.41, 5.74) is 3.14. The van der Waals surface area contributed by atoms with E-state index in [0.717, 1.165) is 16.5 Å². The molecule has 0 unspecified atom stereocenters. The molecule has 0 radical (unpaired) electrons. The zero-order valence-electron chi connectivity index (χ0n) is 18.4. The molecule has 36 heavy (non-hydrogen) atoms. The van der Waals surface area contributed by atoms with E-state index in [1.807, 2.05) is 42.5 Å². The first kappa shape index (κ1) is 23.5. The number of hydrazone groups is 1. The van der Waals surface area contributed by atoms with Gasteiger partial charge in [-0.3, -0.25) is 14.4 Å². The maximum absolute atomic E-state index is 13.0. The molecule has 0 saturated heterocycles. The van der Waals surface area contributed by atoms with Gasteiger partial charge in [-0.15, -0.1) is 0 Å². The van der Waals surface area contributed by atoms with Crippen LogP contribution in [0.1, 0.15) is 5.56 Å². The smallest absolute Gasteiger partial charge is 0.275 e. The van der Waals surface area contributed by atoms with Crippen LogP contribution < -0.4 is 16.4 Å². The van der Waals surface area contributed by atoms with E-state index in [4.69, 9.17) is 27.6 Å². The van der Waals surface area contributed by atoms with E-state index in [2.05, 4.69) is 15.6 Å². The Labute approximate surface area is 213 Å². The number of carbonyl (C=O) groups is 1. The van der Waals surface area contributed by atoms with Crippen LogP contribution in [0.2, 0.25) is 10.0 Å². The van der Waals surface area contributed by atoms with Crippen LogP contribution in [0.5, 0.6) is 0 Å². The second-order valence-electron chi connectivity index (χ2n) is 7.80. The van der Waals surface area contributed by atoms with Crippen LogP contribution in [0.15, 0.2) is 92.1 Å². The van der Waals surface area contributed by atoms with Gasteiger partial charge in [-0.05, 0) is 18.2 Å². The maximum atomic E-state index is 13.0. The van der Waals surface area contributed by atoms with Crippen molar-refractivity contribution in [2.24, 2.45) is 5.10 Å². The summed E-state index contributed by atoms with van der Waals surface area (Å²) in [6.07, 6.45) is 2.33. The van der Waals surface area contributed by atoms with Crippen molar-refractivity contribution >= 4 is 57.1 Å². The molecule has 0 aliphatic carbocycles. The Bertz CT molecular complexity index is 1780. The minimum atomic E-state index is -0.605. The number of nitrogens with zero attached hydrogens (tertiary/aromatic N) is 3. The number of aromatic nitrogens is 2. The summed E-state index contributed by atoms with van der Waals surface area (Å²) in [6.45, 7) is -0.377. The fourth-order valence-electron chi connectivity index (χ4n) is 3.77. The number of rotatable bonds is 5. The molecule has 178 valence electrons. The lowest BCUT2D eigenvalue weighted by molar-refractivity contribution is -0.121. The van der Waals surface area contributed by atoms with Crippen molar-refractivity contribution in [3.05, 3.63) is 109 Å². The Morgan fingerprint density at radius 2 is 1.72 bits per heavy atom. The van der Waals surface area contributed by atoms with Crippen molar-refractivity contribution in [1.82, 2.24) is 15.2 Å². The van der Waals surface area contributed by atoms with Crippen LogP contribution in [0, 0.1) is 0 Å². The van der Waals surface area contributed by atoms with E-state index in [1.54, 1.807) is 12.1 Å². The second kappa shape index (κ2) is 9.77. The number of halogens is 2. The quantitative estimate of drug-likeness (QED) is 0.269. The lowest BCUT2D eigenvalue weighted by Crippen LogP contribution is -2.32. The first-order valence-electron chi connectivity index (χ1n) is 10.7. The van der Waals surface area contributed by atoms with Gasteiger partial charge in [0.1, 0.15) is 12.8 Å². The summed E-state index contributed by atoms with van der Waals surface area (Å²) in [7, 11) is 0. The standard InChI is InChI=1S/C26H16Cl2N4O4/c27-17-10-20-24(34)16(14-36-25(20)21(28)11-17)12-29-30-22(33)13-32-26(35)19-9-5-4-8-18(19)23(31-32)15-6-2-1-3-7-15/h1-12,14H,13H2,(H,30,33)/b29-12+. The van der Waals surface area contributed by atoms with E-state index in [0.29, 0.717) is 16.5 Å². The molecule has 2 aromatic heterocycles. The van der Waals surface area contributed by atoms with Crippen molar-refractivity contribution in [3.8, 4) is 11.3 Å². The lowest BCUT2D eigenvalue weighted by atomic mass is 10.1. The van der Waals surface area contributed by atoms with Gasteiger partial charge in [0.15, 0.2) is 5.58 Å². The van der Waals surface area contributed by atoms with Crippen molar-refractivity contribution in [2.75, 3.05) is 0 Å². The minimum Gasteiger partial charge on any atom is -0.462 e. The normalized spacial score (nSPS) is 11.4. The Kier molecular flexibility index (Phi) is 6.37. The van der Waals surface area contributed by atoms with Crippen molar-refractivity contribution in [1.29, 1.82) is 0 Å². The highest BCUT2D eigenvalue weighted by Crippen LogP contribution is 2.26. The molecule has 0 spiro atoms. The van der Waals surface area contributed by atoms with Crippen LogP contribution in [-0.2, 0) is 11.3 Å². The topological polar surface area (TPSA) is 107 Å². The molecule has 0 fully saturated rings. The van der Waals surface area contributed by atoms with Crippen molar-refractivity contribution in [2.45, 2.75) is 6.54 Å².